The van der Waals surface area contributed by atoms with E-state index in [1.165, 1.54) is 4.90 Å². The molecule has 1 aliphatic heterocycles. The minimum Gasteiger partial charge on any atom is -0.480 e. The molecule has 0 aromatic carbocycles. The predicted molar refractivity (Wildman–Crippen MR) is 129 cm³/mol. The molecular weight excluding hydrogens is 456 g/mol. The van der Waals surface area contributed by atoms with E-state index < -0.39 is 59.4 Å². The van der Waals surface area contributed by atoms with E-state index in [4.69, 9.17) is 10.5 Å². The molecule has 3 amide bonds. The summed E-state index contributed by atoms with van der Waals surface area (Å²) in [6, 6.07) is -3.86. The van der Waals surface area contributed by atoms with Crippen molar-refractivity contribution in [1.29, 1.82) is 0 Å². The summed E-state index contributed by atoms with van der Waals surface area (Å²) in [4.78, 5) is 63.5. The molecule has 0 aliphatic carbocycles. The second kappa shape index (κ2) is 12.9. The van der Waals surface area contributed by atoms with Gasteiger partial charge in [-0.25, -0.2) is 4.79 Å². The second-order valence-corrected chi connectivity index (χ2v) is 10.7. The molecule has 5 N–H and O–H groups in total. The van der Waals surface area contributed by atoms with Crippen molar-refractivity contribution in [1.82, 2.24) is 15.5 Å². The van der Waals surface area contributed by atoms with Gasteiger partial charge in [0.05, 0.1) is 6.04 Å². The van der Waals surface area contributed by atoms with E-state index in [1.807, 2.05) is 0 Å². The standard InChI is InChI=1S/C24H42N4O7/c1-13(2)18(26-20(30)15(25)10-11-17(29)35-24(5,6)7)21(31)27-19(14(3)4)22(32)28-12-8-9-16(28)23(33)34/h13-16,18-19H,8-12,25H2,1-7H3,(H,26,30)(H,27,31)(H,33,34)/t15-,16-,18-,19-/m0/s1. The molecule has 11 nitrogen and oxygen atoms in total. The number of ether oxygens (including phenoxy) is 1. The van der Waals surface area contributed by atoms with Crippen molar-refractivity contribution >= 4 is 29.7 Å². The first-order valence-electron chi connectivity index (χ1n) is 12.2. The van der Waals surface area contributed by atoms with E-state index in [-0.39, 0.29) is 24.7 Å². The van der Waals surface area contributed by atoms with Gasteiger partial charge in [-0.1, -0.05) is 27.7 Å². The largest absolute Gasteiger partial charge is 0.480 e. The molecule has 0 spiro atoms. The van der Waals surface area contributed by atoms with Crippen LogP contribution in [0.4, 0.5) is 0 Å². The molecule has 0 unspecified atom stereocenters. The van der Waals surface area contributed by atoms with Crippen LogP contribution >= 0.6 is 0 Å². The molecular formula is C24H42N4O7. The Bertz CT molecular complexity index is 791. The average Bonchev–Trinajstić information content (AvgIpc) is 3.21. The van der Waals surface area contributed by atoms with Crippen molar-refractivity contribution in [2.45, 2.75) is 104 Å². The van der Waals surface area contributed by atoms with Gasteiger partial charge in [-0.05, 0) is 51.9 Å². The monoisotopic (exact) mass is 498 g/mol. The number of hydrogen-bond donors (Lipinski definition) is 4. The highest BCUT2D eigenvalue weighted by atomic mass is 16.6. The van der Waals surface area contributed by atoms with Gasteiger partial charge >= 0.3 is 11.9 Å². The lowest BCUT2D eigenvalue weighted by Gasteiger charge is -2.31. The topological polar surface area (TPSA) is 168 Å². The van der Waals surface area contributed by atoms with Gasteiger partial charge in [0.25, 0.3) is 0 Å². The minimum atomic E-state index is -1.07. The van der Waals surface area contributed by atoms with Crippen LogP contribution in [0.5, 0.6) is 0 Å². The van der Waals surface area contributed by atoms with Crippen LogP contribution in [0, 0.1) is 11.8 Å². The lowest BCUT2D eigenvalue weighted by molar-refractivity contribution is -0.155. The number of hydrogen-bond acceptors (Lipinski definition) is 7. The van der Waals surface area contributed by atoms with Gasteiger partial charge in [0.1, 0.15) is 23.7 Å². The Morgan fingerprint density at radius 1 is 1.00 bits per heavy atom. The normalized spacial score (nSPS) is 18.7. The van der Waals surface area contributed by atoms with Gasteiger partial charge in [0.15, 0.2) is 0 Å². The van der Waals surface area contributed by atoms with Crippen LogP contribution < -0.4 is 16.4 Å². The highest BCUT2D eigenvalue weighted by Crippen LogP contribution is 2.20. The van der Waals surface area contributed by atoms with Crippen LogP contribution in [0.25, 0.3) is 0 Å². The number of amides is 3. The zero-order valence-electron chi connectivity index (χ0n) is 21.9. The van der Waals surface area contributed by atoms with Crippen molar-refractivity contribution in [2.75, 3.05) is 6.54 Å². The van der Waals surface area contributed by atoms with Gasteiger partial charge in [0, 0.05) is 13.0 Å². The van der Waals surface area contributed by atoms with Crippen molar-refractivity contribution in [3.05, 3.63) is 0 Å². The highest BCUT2D eigenvalue weighted by molar-refractivity contribution is 5.94. The third kappa shape index (κ3) is 9.46. The number of rotatable bonds is 11. The summed E-state index contributed by atoms with van der Waals surface area (Å²) in [6.45, 7) is 12.5. The van der Waals surface area contributed by atoms with Crippen molar-refractivity contribution in [2.24, 2.45) is 17.6 Å². The number of carbonyl (C=O) groups is 5. The average molecular weight is 499 g/mol. The van der Waals surface area contributed by atoms with Gasteiger partial charge in [0.2, 0.25) is 17.7 Å². The molecule has 0 bridgehead atoms. The van der Waals surface area contributed by atoms with Gasteiger partial charge in [-0.3, -0.25) is 19.2 Å². The van der Waals surface area contributed by atoms with E-state index in [0.29, 0.717) is 19.4 Å². The van der Waals surface area contributed by atoms with Crippen molar-refractivity contribution in [3.63, 3.8) is 0 Å². The van der Waals surface area contributed by atoms with Crippen LogP contribution in [-0.2, 0) is 28.7 Å². The zero-order chi connectivity index (χ0) is 27.1. The minimum absolute atomic E-state index is 0.0467. The first-order valence-corrected chi connectivity index (χ1v) is 12.2. The smallest absolute Gasteiger partial charge is 0.326 e. The summed E-state index contributed by atoms with van der Waals surface area (Å²) in [7, 11) is 0. The predicted octanol–water partition coefficient (Wildman–Crippen LogP) is 0.793. The molecule has 0 aromatic heterocycles. The molecule has 1 heterocycles. The quantitative estimate of drug-likeness (QED) is 0.303. The van der Waals surface area contributed by atoms with Gasteiger partial charge in [-0.15, -0.1) is 0 Å². The molecule has 35 heavy (non-hydrogen) atoms. The Labute approximate surface area is 207 Å². The lowest BCUT2D eigenvalue weighted by Crippen LogP contribution is -2.59. The fourth-order valence-corrected chi connectivity index (χ4v) is 3.81. The Hall–Kier alpha value is -2.69. The van der Waals surface area contributed by atoms with Crippen molar-refractivity contribution in [3.8, 4) is 0 Å². The number of likely N-dealkylation sites (tertiary alicyclic amines) is 1. The summed E-state index contributed by atoms with van der Waals surface area (Å²) < 4.78 is 5.22. The summed E-state index contributed by atoms with van der Waals surface area (Å²) in [5.74, 6) is -3.79. The molecule has 0 aromatic rings. The van der Waals surface area contributed by atoms with Crippen LogP contribution in [-0.4, -0.2) is 76.0 Å². The molecule has 200 valence electrons. The van der Waals surface area contributed by atoms with Crippen LogP contribution in [0.1, 0.15) is 74.1 Å². The summed E-state index contributed by atoms with van der Waals surface area (Å²) >= 11 is 0. The first-order chi connectivity index (χ1) is 16.0. The maximum Gasteiger partial charge on any atom is 0.326 e. The summed E-state index contributed by atoms with van der Waals surface area (Å²) in [5, 5.41) is 14.7. The summed E-state index contributed by atoms with van der Waals surface area (Å²) in [5.41, 5.74) is 5.29. The van der Waals surface area contributed by atoms with Crippen molar-refractivity contribution < 1.29 is 33.8 Å². The van der Waals surface area contributed by atoms with Crippen LogP contribution in [0.15, 0.2) is 0 Å². The number of esters is 1. The van der Waals surface area contributed by atoms with Crippen LogP contribution in [0.2, 0.25) is 0 Å². The zero-order valence-corrected chi connectivity index (χ0v) is 21.9. The second-order valence-electron chi connectivity index (χ2n) is 10.7. The van der Waals surface area contributed by atoms with E-state index in [2.05, 4.69) is 10.6 Å². The highest BCUT2D eigenvalue weighted by Gasteiger charge is 2.39. The fourth-order valence-electron chi connectivity index (χ4n) is 3.81. The van der Waals surface area contributed by atoms with E-state index in [9.17, 15) is 29.1 Å². The number of nitrogens with one attached hydrogen (secondary N) is 2. The first kappa shape index (κ1) is 30.3. The molecule has 0 saturated carbocycles. The maximum absolute atomic E-state index is 13.1. The van der Waals surface area contributed by atoms with Crippen LogP contribution in [0.3, 0.4) is 0 Å². The number of aliphatic carboxylic acids is 1. The lowest BCUT2D eigenvalue weighted by atomic mass is 9.98. The molecule has 1 fully saturated rings. The molecule has 1 saturated heterocycles. The number of carboxylic acids is 1. The summed E-state index contributed by atoms with van der Waals surface area (Å²) in [6.07, 6.45) is 0.944. The van der Waals surface area contributed by atoms with E-state index in [0.717, 1.165) is 0 Å². The Balaban J connectivity index is 2.82. The number of carboxylic acid groups (broad SMARTS) is 1. The number of nitrogens with two attached hydrogens (primary N) is 1. The number of carbonyl (C=O) groups excluding carboxylic acids is 4. The Kier molecular flexibility index (Phi) is 11.1. The van der Waals surface area contributed by atoms with E-state index >= 15 is 0 Å². The van der Waals surface area contributed by atoms with Gasteiger partial charge < -0.3 is 31.1 Å². The molecule has 1 rings (SSSR count). The third-order valence-electron chi connectivity index (χ3n) is 5.71. The molecule has 4 atom stereocenters. The molecule has 11 heteroatoms. The molecule has 1 aliphatic rings. The molecule has 0 radical (unpaired) electrons. The Morgan fingerprint density at radius 2 is 1.54 bits per heavy atom. The third-order valence-corrected chi connectivity index (χ3v) is 5.71. The Morgan fingerprint density at radius 3 is 2.03 bits per heavy atom. The fraction of sp³-hybridized carbons (Fsp3) is 0.792. The SMILES string of the molecule is CC(C)[C@H](NC(=O)[C@@H](N)CCC(=O)OC(C)(C)C)C(=O)N[C@H](C(=O)N1CCC[C@H]1C(=O)O)C(C)C. The maximum atomic E-state index is 13.1. The number of nitrogens with zero attached hydrogens (tertiary/aromatic N) is 1. The van der Waals surface area contributed by atoms with E-state index in [1.54, 1.807) is 48.5 Å². The van der Waals surface area contributed by atoms with Gasteiger partial charge in [-0.2, -0.15) is 0 Å².